The third-order valence-corrected chi connectivity index (χ3v) is 3.85. The predicted octanol–water partition coefficient (Wildman–Crippen LogP) is 1.90. The molecular weight excluding hydrogens is 266 g/mol. The third-order valence-electron chi connectivity index (χ3n) is 3.85. The topological polar surface area (TPSA) is 36.0 Å². The highest BCUT2D eigenvalue weighted by Gasteiger charge is 2.20. The fourth-order valence-electron chi connectivity index (χ4n) is 2.43. The molecule has 1 aromatic rings. The predicted molar refractivity (Wildman–Crippen MR) is 84.7 cm³/mol. The first-order valence-electron chi connectivity index (χ1n) is 7.61. The standard InChI is InChI=1S/C16H25N3O2/c1-3-18(15-7-5-4-6-8-15)13-14-21-16(20)19-11-9-17(2)10-12-19/h4-8H,3,9-14H2,1-2H3. The number of ether oxygens (including phenoxy) is 1. The summed E-state index contributed by atoms with van der Waals surface area (Å²) < 4.78 is 5.40. The van der Waals surface area contributed by atoms with E-state index < -0.39 is 0 Å². The van der Waals surface area contributed by atoms with Crippen LogP contribution in [-0.4, -0.2) is 68.8 Å². The van der Waals surface area contributed by atoms with Crippen LogP contribution in [0.4, 0.5) is 10.5 Å². The smallest absolute Gasteiger partial charge is 0.409 e. The molecule has 0 N–H and O–H groups in total. The van der Waals surface area contributed by atoms with Crippen molar-refractivity contribution in [2.75, 3.05) is 57.8 Å². The monoisotopic (exact) mass is 291 g/mol. The highest BCUT2D eigenvalue weighted by Crippen LogP contribution is 2.12. The van der Waals surface area contributed by atoms with Crippen LogP contribution in [0.5, 0.6) is 0 Å². The van der Waals surface area contributed by atoms with Crippen molar-refractivity contribution >= 4 is 11.8 Å². The van der Waals surface area contributed by atoms with Gasteiger partial charge in [-0.25, -0.2) is 4.79 Å². The van der Waals surface area contributed by atoms with Gasteiger partial charge in [0.1, 0.15) is 6.61 Å². The highest BCUT2D eigenvalue weighted by molar-refractivity contribution is 5.67. The minimum Gasteiger partial charge on any atom is -0.448 e. The number of anilines is 1. The molecule has 0 saturated carbocycles. The van der Waals surface area contributed by atoms with Gasteiger partial charge < -0.3 is 19.4 Å². The van der Waals surface area contributed by atoms with Gasteiger partial charge in [-0.15, -0.1) is 0 Å². The van der Waals surface area contributed by atoms with Crippen molar-refractivity contribution < 1.29 is 9.53 Å². The molecule has 0 aliphatic carbocycles. The normalized spacial score (nSPS) is 15.8. The maximum Gasteiger partial charge on any atom is 0.409 e. The molecule has 1 heterocycles. The van der Waals surface area contributed by atoms with Gasteiger partial charge in [0.2, 0.25) is 0 Å². The van der Waals surface area contributed by atoms with Crippen LogP contribution in [0.3, 0.4) is 0 Å². The van der Waals surface area contributed by atoms with E-state index in [0.29, 0.717) is 6.61 Å². The summed E-state index contributed by atoms with van der Waals surface area (Å²) >= 11 is 0. The molecule has 0 unspecified atom stereocenters. The fourth-order valence-corrected chi connectivity index (χ4v) is 2.43. The molecule has 1 fully saturated rings. The zero-order valence-electron chi connectivity index (χ0n) is 13.0. The number of likely N-dealkylation sites (N-methyl/N-ethyl adjacent to an activating group) is 2. The van der Waals surface area contributed by atoms with Crippen molar-refractivity contribution in [1.29, 1.82) is 0 Å². The number of para-hydroxylation sites is 1. The van der Waals surface area contributed by atoms with E-state index in [-0.39, 0.29) is 6.09 Å². The second-order valence-electron chi connectivity index (χ2n) is 5.32. The van der Waals surface area contributed by atoms with Gasteiger partial charge in [0.25, 0.3) is 0 Å². The van der Waals surface area contributed by atoms with E-state index in [2.05, 4.69) is 35.9 Å². The van der Waals surface area contributed by atoms with Crippen LogP contribution in [0.1, 0.15) is 6.92 Å². The van der Waals surface area contributed by atoms with E-state index in [4.69, 9.17) is 4.74 Å². The fraction of sp³-hybridized carbons (Fsp3) is 0.562. The molecular formula is C16H25N3O2. The van der Waals surface area contributed by atoms with Gasteiger partial charge >= 0.3 is 6.09 Å². The molecule has 5 heteroatoms. The highest BCUT2D eigenvalue weighted by atomic mass is 16.6. The SMILES string of the molecule is CCN(CCOC(=O)N1CCN(C)CC1)c1ccccc1. The molecule has 0 bridgehead atoms. The Kier molecular flexibility index (Phi) is 5.87. The lowest BCUT2D eigenvalue weighted by Crippen LogP contribution is -2.47. The number of carbonyl (C=O) groups excluding carboxylic acids is 1. The molecule has 21 heavy (non-hydrogen) atoms. The van der Waals surface area contributed by atoms with Crippen molar-refractivity contribution in [3.05, 3.63) is 30.3 Å². The Morgan fingerprint density at radius 1 is 1.19 bits per heavy atom. The first kappa shape index (κ1) is 15.6. The maximum atomic E-state index is 12.0. The van der Waals surface area contributed by atoms with Crippen LogP contribution in [-0.2, 0) is 4.74 Å². The molecule has 0 spiro atoms. The molecule has 1 saturated heterocycles. The summed E-state index contributed by atoms with van der Waals surface area (Å²) in [6.45, 7) is 7.50. The molecule has 116 valence electrons. The largest absolute Gasteiger partial charge is 0.448 e. The average Bonchev–Trinajstić information content (AvgIpc) is 2.53. The summed E-state index contributed by atoms with van der Waals surface area (Å²) in [5.41, 5.74) is 1.16. The molecule has 0 atom stereocenters. The van der Waals surface area contributed by atoms with Gasteiger partial charge in [0.15, 0.2) is 0 Å². The average molecular weight is 291 g/mol. The second kappa shape index (κ2) is 7.88. The second-order valence-corrected chi connectivity index (χ2v) is 5.32. The summed E-state index contributed by atoms with van der Waals surface area (Å²) in [7, 11) is 2.07. The van der Waals surface area contributed by atoms with E-state index in [9.17, 15) is 4.79 Å². The van der Waals surface area contributed by atoms with Crippen molar-refractivity contribution in [2.24, 2.45) is 0 Å². The Hall–Kier alpha value is -1.75. The lowest BCUT2D eigenvalue weighted by Gasteiger charge is -2.32. The summed E-state index contributed by atoms with van der Waals surface area (Å²) in [5.74, 6) is 0. The minimum absolute atomic E-state index is 0.188. The van der Waals surface area contributed by atoms with E-state index in [1.165, 1.54) is 0 Å². The molecule has 1 amide bonds. The van der Waals surface area contributed by atoms with E-state index in [0.717, 1.165) is 45.0 Å². The van der Waals surface area contributed by atoms with Crippen LogP contribution >= 0.6 is 0 Å². The zero-order valence-corrected chi connectivity index (χ0v) is 13.0. The summed E-state index contributed by atoms with van der Waals surface area (Å²) in [5, 5.41) is 0. The van der Waals surface area contributed by atoms with Crippen LogP contribution < -0.4 is 4.90 Å². The number of hydrogen-bond acceptors (Lipinski definition) is 4. The first-order valence-corrected chi connectivity index (χ1v) is 7.61. The van der Waals surface area contributed by atoms with Crippen LogP contribution in [0.2, 0.25) is 0 Å². The molecule has 5 nitrogen and oxygen atoms in total. The van der Waals surface area contributed by atoms with E-state index >= 15 is 0 Å². The summed E-state index contributed by atoms with van der Waals surface area (Å²) in [6, 6.07) is 10.2. The Morgan fingerprint density at radius 2 is 1.86 bits per heavy atom. The minimum atomic E-state index is -0.188. The molecule has 1 aliphatic rings. The molecule has 0 radical (unpaired) electrons. The number of hydrogen-bond donors (Lipinski definition) is 0. The number of benzene rings is 1. The number of amides is 1. The molecule has 1 aliphatic heterocycles. The number of piperazine rings is 1. The lowest BCUT2D eigenvalue weighted by atomic mass is 10.3. The Balaban J connectivity index is 1.74. The molecule has 2 rings (SSSR count). The number of nitrogens with zero attached hydrogens (tertiary/aromatic N) is 3. The van der Waals surface area contributed by atoms with Crippen molar-refractivity contribution in [1.82, 2.24) is 9.80 Å². The lowest BCUT2D eigenvalue weighted by molar-refractivity contribution is 0.0836. The van der Waals surface area contributed by atoms with Gasteiger partial charge in [-0.3, -0.25) is 0 Å². The van der Waals surface area contributed by atoms with E-state index in [1.807, 2.05) is 18.2 Å². The van der Waals surface area contributed by atoms with Crippen LogP contribution in [0, 0.1) is 0 Å². The van der Waals surface area contributed by atoms with Crippen molar-refractivity contribution in [3.63, 3.8) is 0 Å². The quantitative estimate of drug-likeness (QED) is 0.830. The van der Waals surface area contributed by atoms with Crippen LogP contribution in [0.25, 0.3) is 0 Å². The van der Waals surface area contributed by atoms with Crippen molar-refractivity contribution in [3.8, 4) is 0 Å². The Morgan fingerprint density at radius 3 is 2.48 bits per heavy atom. The zero-order chi connectivity index (χ0) is 15.1. The van der Waals surface area contributed by atoms with Gasteiger partial charge in [0, 0.05) is 38.4 Å². The first-order chi connectivity index (χ1) is 10.2. The Labute approximate surface area is 127 Å². The molecule has 1 aromatic carbocycles. The number of rotatable bonds is 5. The van der Waals surface area contributed by atoms with Gasteiger partial charge in [-0.2, -0.15) is 0 Å². The molecule has 0 aromatic heterocycles. The summed E-state index contributed by atoms with van der Waals surface area (Å²) in [6.07, 6.45) is -0.188. The third kappa shape index (κ3) is 4.63. The number of carbonyl (C=O) groups is 1. The maximum absolute atomic E-state index is 12.0. The Bertz CT molecular complexity index is 430. The van der Waals surface area contributed by atoms with Crippen molar-refractivity contribution in [2.45, 2.75) is 6.92 Å². The van der Waals surface area contributed by atoms with Crippen LogP contribution in [0.15, 0.2) is 30.3 Å². The van der Waals surface area contributed by atoms with Gasteiger partial charge in [-0.1, -0.05) is 18.2 Å². The van der Waals surface area contributed by atoms with Gasteiger partial charge in [-0.05, 0) is 26.1 Å². The summed E-state index contributed by atoms with van der Waals surface area (Å²) in [4.78, 5) is 18.2. The van der Waals surface area contributed by atoms with E-state index in [1.54, 1.807) is 4.90 Å². The van der Waals surface area contributed by atoms with Gasteiger partial charge in [0.05, 0.1) is 6.54 Å².